The lowest BCUT2D eigenvalue weighted by molar-refractivity contribution is 0.184. The summed E-state index contributed by atoms with van der Waals surface area (Å²) >= 11 is 9.06. The number of nitrogens with zero attached hydrogens (tertiary/aromatic N) is 1. The summed E-state index contributed by atoms with van der Waals surface area (Å²) in [6, 6.07) is 6.31. The highest BCUT2D eigenvalue weighted by molar-refractivity contribution is 9.10. The highest BCUT2D eigenvalue weighted by Crippen LogP contribution is 2.38. The van der Waals surface area contributed by atoms with E-state index in [1.54, 1.807) is 0 Å². The van der Waals surface area contributed by atoms with Crippen molar-refractivity contribution < 1.29 is 0 Å². The van der Waals surface area contributed by atoms with Crippen LogP contribution in [-0.2, 0) is 6.54 Å². The number of halogens is 1. The molecule has 3 rings (SSSR count). The molecule has 0 unspecified atom stereocenters. The second-order valence-electron chi connectivity index (χ2n) is 6.05. The molecule has 102 valence electrons. The molecule has 0 radical (unpaired) electrons. The minimum atomic E-state index is 0.397. The van der Waals surface area contributed by atoms with Crippen LogP contribution < -0.4 is 0 Å². The Labute approximate surface area is 127 Å². The van der Waals surface area contributed by atoms with E-state index in [0.29, 0.717) is 5.41 Å². The monoisotopic (exact) mass is 338 g/mol. The molecule has 0 aliphatic heterocycles. The average Bonchev–Trinajstić information content (AvgIpc) is 2.67. The Balaban J connectivity index is 2.02. The highest BCUT2D eigenvalue weighted by atomic mass is 79.9. The first-order chi connectivity index (χ1) is 9.07. The third-order valence-corrected chi connectivity index (χ3v) is 5.15. The standard InChI is InChI=1S/C15H19BrN2S/c1-15(7-3-2-4-8-15)10-18-13-9-11(16)5-6-12(13)17-14(18)19/h5-6,9H,2-4,7-8,10H2,1H3,(H,17,19). The molecule has 0 atom stereocenters. The molecule has 0 bridgehead atoms. The minimum absolute atomic E-state index is 0.397. The second kappa shape index (κ2) is 5.06. The zero-order valence-electron chi connectivity index (χ0n) is 11.2. The lowest BCUT2D eigenvalue weighted by Crippen LogP contribution is -2.26. The van der Waals surface area contributed by atoms with Gasteiger partial charge in [0.05, 0.1) is 11.0 Å². The van der Waals surface area contributed by atoms with Gasteiger partial charge in [-0.3, -0.25) is 0 Å². The van der Waals surface area contributed by atoms with Crippen LogP contribution in [0.1, 0.15) is 39.0 Å². The summed E-state index contributed by atoms with van der Waals surface area (Å²) in [5.41, 5.74) is 2.74. The van der Waals surface area contributed by atoms with Crippen LogP contribution in [0.5, 0.6) is 0 Å². The number of H-pyrrole nitrogens is 1. The van der Waals surface area contributed by atoms with Crippen molar-refractivity contribution in [1.29, 1.82) is 0 Å². The molecule has 1 fully saturated rings. The maximum atomic E-state index is 5.51. The van der Waals surface area contributed by atoms with Gasteiger partial charge in [-0.15, -0.1) is 0 Å². The summed E-state index contributed by atoms with van der Waals surface area (Å²) in [7, 11) is 0. The molecular weight excluding hydrogens is 320 g/mol. The fourth-order valence-electron chi connectivity index (χ4n) is 3.23. The largest absolute Gasteiger partial charge is 0.331 e. The third kappa shape index (κ3) is 2.65. The Morgan fingerprint density at radius 3 is 2.79 bits per heavy atom. The van der Waals surface area contributed by atoms with Crippen LogP contribution in [0.15, 0.2) is 22.7 Å². The summed E-state index contributed by atoms with van der Waals surface area (Å²) in [5, 5.41) is 0. The zero-order chi connectivity index (χ0) is 13.5. The van der Waals surface area contributed by atoms with Crippen molar-refractivity contribution in [2.45, 2.75) is 45.6 Å². The van der Waals surface area contributed by atoms with Crippen LogP contribution in [-0.4, -0.2) is 9.55 Å². The fourth-order valence-corrected chi connectivity index (χ4v) is 3.85. The first kappa shape index (κ1) is 13.4. The van der Waals surface area contributed by atoms with Crippen LogP contribution in [0.25, 0.3) is 11.0 Å². The summed E-state index contributed by atoms with van der Waals surface area (Å²) in [5.74, 6) is 0. The van der Waals surface area contributed by atoms with Gasteiger partial charge in [-0.05, 0) is 48.7 Å². The summed E-state index contributed by atoms with van der Waals surface area (Å²) in [6.07, 6.45) is 6.73. The number of imidazole rings is 1. The maximum absolute atomic E-state index is 5.51. The molecule has 1 N–H and O–H groups in total. The van der Waals surface area contributed by atoms with E-state index >= 15 is 0 Å². The van der Waals surface area contributed by atoms with Gasteiger partial charge in [0.1, 0.15) is 0 Å². The number of hydrogen-bond donors (Lipinski definition) is 1. The van der Waals surface area contributed by atoms with E-state index in [-0.39, 0.29) is 0 Å². The van der Waals surface area contributed by atoms with Gasteiger partial charge in [0.25, 0.3) is 0 Å². The first-order valence-electron chi connectivity index (χ1n) is 6.96. The summed E-state index contributed by atoms with van der Waals surface area (Å²) in [6.45, 7) is 3.44. The number of fused-ring (bicyclic) bond motifs is 1. The van der Waals surface area contributed by atoms with Crippen molar-refractivity contribution in [2.75, 3.05) is 0 Å². The topological polar surface area (TPSA) is 20.7 Å². The zero-order valence-corrected chi connectivity index (χ0v) is 13.6. The van der Waals surface area contributed by atoms with Crippen LogP contribution in [0, 0.1) is 10.2 Å². The highest BCUT2D eigenvalue weighted by Gasteiger charge is 2.28. The Bertz CT molecular complexity index is 650. The van der Waals surface area contributed by atoms with Gasteiger partial charge in [0.15, 0.2) is 4.77 Å². The van der Waals surface area contributed by atoms with Crippen LogP contribution in [0.4, 0.5) is 0 Å². The summed E-state index contributed by atoms with van der Waals surface area (Å²) < 4.78 is 4.23. The normalized spacial score (nSPS) is 18.8. The number of benzene rings is 1. The molecule has 19 heavy (non-hydrogen) atoms. The maximum Gasteiger partial charge on any atom is 0.178 e. The smallest absolute Gasteiger partial charge is 0.178 e. The van der Waals surface area contributed by atoms with Gasteiger partial charge >= 0.3 is 0 Å². The second-order valence-corrected chi connectivity index (χ2v) is 7.35. The van der Waals surface area contributed by atoms with Gasteiger partial charge in [-0.2, -0.15) is 0 Å². The van der Waals surface area contributed by atoms with E-state index in [1.165, 1.54) is 37.6 Å². The van der Waals surface area contributed by atoms with E-state index in [2.05, 4.69) is 50.6 Å². The molecule has 0 spiro atoms. The van der Waals surface area contributed by atoms with Gasteiger partial charge in [0, 0.05) is 11.0 Å². The van der Waals surface area contributed by atoms with E-state index in [1.807, 2.05) is 0 Å². The summed E-state index contributed by atoms with van der Waals surface area (Å²) in [4.78, 5) is 3.32. The molecular formula is C15H19BrN2S. The quantitative estimate of drug-likeness (QED) is 0.724. The van der Waals surface area contributed by atoms with Crippen LogP contribution in [0.2, 0.25) is 0 Å². The van der Waals surface area contributed by atoms with Crippen molar-refractivity contribution in [2.24, 2.45) is 5.41 Å². The number of aromatic nitrogens is 2. The predicted molar refractivity (Wildman–Crippen MR) is 86.0 cm³/mol. The molecule has 4 heteroatoms. The molecule has 2 nitrogen and oxygen atoms in total. The molecule has 2 aromatic rings. The van der Waals surface area contributed by atoms with Crippen LogP contribution in [0.3, 0.4) is 0 Å². The number of aromatic amines is 1. The van der Waals surface area contributed by atoms with E-state index in [9.17, 15) is 0 Å². The van der Waals surface area contributed by atoms with Gasteiger partial charge in [-0.25, -0.2) is 0 Å². The SMILES string of the molecule is CC1(Cn2c(=S)[nH]c3ccc(Br)cc32)CCCCC1. The molecule has 0 saturated heterocycles. The molecule has 1 aromatic heterocycles. The molecule has 1 aromatic carbocycles. The first-order valence-corrected chi connectivity index (χ1v) is 8.16. The fraction of sp³-hybridized carbons (Fsp3) is 0.533. The molecule has 1 aliphatic rings. The Kier molecular flexibility index (Phi) is 3.56. The Morgan fingerprint density at radius 2 is 2.05 bits per heavy atom. The number of nitrogens with one attached hydrogen (secondary N) is 1. The van der Waals surface area contributed by atoms with Gasteiger partial charge in [-0.1, -0.05) is 42.1 Å². The number of hydrogen-bond acceptors (Lipinski definition) is 1. The third-order valence-electron chi connectivity index (χ3n) is 4.34. The van der Waals surface area contributed by atoms with Crippen LogP contribution >= 0.6 is 28.1 Å². The van der Waals surface area contributed by atoms with Crippen molar-refractivity contribution >= 4 is 39.2 Å². The lowest BCUT2D eigenvalue weighted by Gasteiger charge is -2.34. The molecule has 1 saturated carbocycles. The lowest BCUT2D eigenvalue weighted by atomic mass is 9.75. The van der Waals surface area contributed by atoms with Gasteiger partial charge in [0.2, 0.25) is 0 Å². The van der Waals surface area contributed by atoms with Crippen molar-refractivity contribution in [3.05, 3.63) is 27.4 Å². The van der Waals surface area contributed by atoms with Crippen molar-refractivity contribution in [3.8, 4) is 0 Å². The molecule has 1 aliphatic carbocycles. The average molecular weight is 339 g/mol. The predicted octanol–water partition coefficient (Wildman–Crippen LogP) is 5.43. The van der Waals surface area contributed by atoms with Crippen molar-refractivity contribution in [3.63, 3.8) is 0 Å². The molecule has 0 amide bonds. The molecule has 1 heterocycles. The van der Waals surface area contributed by atoms with E-state index < -0.39 is 0 Å². The van der Waals surface area contributed by atoms with E-state index in [4.69, 9.17) is 12.2 Å². The van der Waals surface area contributed by atoms with E-state index in [0.717, 1.165) is 21.3 Å². The van der Waals surface area contributed by atoms with Gasteiger partial charge < -0.3 is 9.55 Å². The number of rotatable bonds is 2. The Hall–Kier alpha value is -0.610. The Morgan fingerprint density at radius 1 is 1.32 bits per heavy atom. The minimum Gasteiger partial charge on any atom is -0.331 e. The van der Waals surface area contributed by atoms with Crippen molar-refractivity contribution in [1.82, 2.24) is 9.55 Å².